The van der Waals surface area contributed by atoms with Crippen LogP contribution < -0.4 is 18.9 Å². The molecule has 0 aliphatic rings. The third kappa shape index (κ3) is 5.11. The van der Waals surface area contributed by atoms with Gasteiger partial charge in [-0.05, 0) is 30.3 Å². The number of benzene rings is 2. The Hall–Kier alpha value is -4.09. The summed E-state index contributed by atoms with van der Waals surface area (Å²) in [5.41, 5.74) is 0.484. The number of anilines is 1. The summed E-state index contributed by atoms with van der Waals surface area (Å²) in [6.45, 7) is -0.417. The van der Waals surface area contributed by atoms with Crippen molar-refractivity contribution in [2.24, 2.45) is 0 Å². The van der Waals surface area contributed by atoms with Gasteiger partial charge in [-0.2, -0.15) is 4.98 Å². The first-order valence-corrected chi connectivity index (χ1v) is 11.6. The molecule has 0 amide bonds. The van der Waals surface area contributed by atoms with Crippen molar-refractivity contribution < 1.29 is 32.2 Å². The molecule has 0 aliphatic carbocycles. The first-order chi connectivity index (χ1) is 16.5. The van der Waals surface area contributed by atoms with E-state index in [2.05, 4.69) is 14.7 Å². The maximum absolute atomic E-state index is 13.1. The highest BCUT2D eigenvalue weighted by Gasteiger charge is 2.25. The van der Waals surface area contributed by atoms with Crippen LogP contribution in [0.3, 0.4) is 0 Å². The predicted octanol–water partition coefficient (Wildman–Crippen LogP) is 3.71. The monoisotopic (exact) mass is 483 g/mol. The highest BCUT2D eigenvalue weighted by atomic mass is 32.2. The number of methoxy groups -OCH3 is 1. The number of para-hydroxylation sites is 2. The Morgan fingerprint density at radius 3 is 2.41 bits per heavy atom. The van der Waals surface area contributed by atoms with E-state index >= 15 is 0 Å². The maximum Gasteiger partial charge on any atom is 0.263 e. The number of aliphatic hydroxyl groups is 1. The smallest absolute Gasteiger partial charge is 0.263 e. The Morgan fingerprint density at radius 1 is 1.00 bits per heavy atom. The number of nitrogens with one attached hydrogen (secondary N) is 1. The van der Waals surface area contributed by atoms with Gasteiger partial charge in [0.15, 0.2) is 23.1 Å². The van der Waals surface area contributed by atoms with E-state index in [0.29, 0.717) is 11.3 Å². The van der Waals surface area contributed by atoms with Crippen molar-refractivity contribution in [3.05, 3.63) is 73.2 Å². The van der Waals surface area contributed by atoms with Gasteiger partial charge in [-0.15, -0.1) is 0 Å². The Kier molecular flexibility index (Phi) is 6.95. The molecule has 0 spiro atoms. The minimum atomic E-state index is -4.05. The van der Waals surface area contributed by atoms with Gasteiger partial charge in [0, 0.05) is 0 Å². The molecular weight excluding hydrogens is 462 g/mol. The maximum atomic E-state index is 13.1. The van der Waals surface area contributed by atoms with Crippen molar-refractivity contribution in [1.29, 1.82) is 0 Å². The molecule has 0 saturated carbocycles. The summed E-state index contributed by atoms with van der Waals surface area (Å²) < 4.78 is 50.7. The van der Waals surface area contributed by atoms with Gasteiger partial charge in [-0.25, -0.2) is 13.4 Å². The molecule has 2 aromatic carbocycles. The van der Waals surface area contributed by atoms with Crippen molar-refractivity contribution in [3.8, 4) is 34.5 Å². The molecule has 0 aliphatic heterocycles. The molecule has 0 radical (unpaired) electrons. The van der Waals surface area contributed by atoms with Crippen molar-refractivity contribution in [3.63, 3.8) is 0 Å². The van der Waals surface area contributed by atoms with Crippen molar-refractivity contribution in [2.75, 3.05) is 25.0 Å². The van der Waals surface area contributed by atoms with Crippen LogP contribution in [0, 0.1) is 0 Å². The molecule has 2 aromatic heterocycles. The first-order valence-electron chi connectivity index (χ1n) is 10.1. The molecule has 0 fully saturated rings. The summed E-state index contributed by atoms with van der Waals surface area (Å²) in [6, 6.07) is 16.2. The molecule has 11 heteroatoms. The van der Waals surface area contributed by atoms with E-state index in [9.17, 15) is 13.5 Å². The number of ether oxygens (including phenoxy) is 3. The summed E-state index contributed by atoms with van der Waals surface area (Å²) in [6.07, 6.45) is 2.83. The number of nitrogens with zero attached hydrogens (tertiary/aromatic N) is 2. The lowest BCUT2D eigenvalue weighted by Crippen LogP contribution is -2.16. The van der Waals surface area contributed by atoms with E-state index in [1.54, 1.807) is 48.5 Å². The number of furan rings is 1. The van der Waals surface area contributed by atoms with Crippen LogP contribution in [0.1, 0.15) is 0 Å². The fourth-order valence-corrected chi connectivity index (χ4v) is 3.98. The zero-order valence-electron chi connectivity index (χ0n) is 18.0. The van der Waals surface area contributed by atoms with Gasteiger partial charge in [0.05, 0.1) is 30.4 Å². The Labute approximate surface area is 195 Å². The molecule has 34 heavy (non-hydrogen) atoms. The third-order valence-corrected chi connectivity index (χ3v) is 5.86. The van der Waals surface area contributed by atoms with Crippen LogP contribution in [0.5, 0.6) is 23.1 Å². The molecule has 176 valence electrons. The van der Waals surface area contributed by atoms with Crippen molar-refractivity contribution >= 4 is 15.8 Å². The molecule has 0 unspecified atom stereocenters. The standard InChI is InChI=1S/C23H21N3O7S/c1-30-18-9-5-6-10-19(18)33-20-22(26-34(28,29)17-7-3-2-4-8-17)24-21(16-11-13-31-15-16)25-23(20)32-14-12-27/h2-11,13,15,27H,12,14H2,1H3,(H,24,25,26). The van der Waals surface area contributed by atoms with Gasteiger partial charge >= 0.3 is 0 Å². The molecule has 0 atom stereocenters. The van der Waals surface area contributed by atoms with Gasteiger partial charge < -0.3 is 23.7 Å². The number of sulfonamides is 1. The summed E-state index contributed by atoms with van der Waals surface area (Å²) in [7, 11) is -2.57. The van der Waals surface area contributed by atoms with E-state index in [4.69, 9.17) is 18.6 Å². The molecule has 0 bridgehead atoms. The van der Waals surface area contributed by atoms with Gasteiger partial charge in [0.2, 0.25) is 5.75 Å². The number of aliphatic hydroxyl groups excluding tert-OH is 1. The molecular formula is C23H21N3O7S. The lowest BCUT2D eigenvalue weighted by Gasteiger charge is -2.18. The molecule has 2 heterocycles. The van der Waals surface area contributed by atoms with Crippen LogP contribution in [0.15, 0.2) is 82.5 Å². The van der Waals surface area contributed by atoms with Crippen LogP contribution in [0.25, 0.3) is 11.4 Å². The van der Waals surface area contributed by atoms with Crippen molar-refractivity contribution in [1.82, 2.24) is 9.97 Å². The minimum Gasteiger partial charge on any atom is -0.493 e. The van der Waals surface area contributed by atoms with Crippen molar-refractivity contribution in [2.45, 2.75) is 4.90 Å². The third-order valence-electron chi connectivity index (χ3n) is 4.51. The normalized spacial score (nSPS) is 11.1. The highest BCUT2D eigenvalue weighted by Crippen LogP contribution is 2.41. The molecule has 10 nitrogen and oxygen atoms in total. The molecule has 2 N–H and O–H groups in total. The SMILES string of the molecule is COc1ccccc1Oc1c(NS(=O)(=O)c2ccccc2)nc(-c2ccoc2)nc1OCCO. The second-order valence-electron chi connectivity index (χ2n) is 6.79. The first kappa shape index (κ1) is 23.1. The van der Waals surface area contributed by atoms with Gasteiger partial charge in [-0.1, -0.05) is 30.3 Å². The van der Waals surface area contributed by atoms with Gasteiger partial charge in [-0.3, -0.25) is 4.72 Å². The lowest BCUT2D eigenvalue weighted by molar-refractivity contribution is 0.192. The van der Waals surface area contributed by atoms with Crippen LogP contribution in [-0.2, 0) is 10.0 Å². The second kappa shape index (κ2) is 10.2. The summed E-state index contributed by atoms with van der Waals surface area (Å²) in [4.78, 5) is 8.77. The molecule has 4 rings (SSSR count). The Balaban J connectivity index is 1.87. The number of rotatable bonds is 10. The zero-order valence-corrected chi connectivity index (χ0v) is 18.9. The largest absolute Gasteiger partial charge is 0.493 e. The van der Waals surface area contributed by atoms with E-state index in [0.717, 1.165) is 0 Å². The Bertz CT molecular complexity index is 1340. The van der Waals surface area contributed by atoms with Crippen LogP contribution >= 0.6 is 0 Å². The number of hydrogen-bond acceptors (Lipinski definition) is 9. The molecule has 0 saturated heterocycles. The summed E-state index contributed by atoms with van der Waals surface area (Å²) in [5, 5.41) is 9.29. The fraction of sp³-hybridized carbons (Fsp3) is 0.130. The lowest BCUT2D eigenvalue weighted by atomic mass is 10.3. The predicted molar refractivity (Wildman–Crippen MR) is 123 cm³/mol. The quantitative estimate of drug-likeness (QED) is 0.346. The van der Waals surface area contributed by atoms with Crippen LogP contribution in [0.2, 0.25) is 0 Å². The van der Waals surface area contributed by atoms with E-state index < -0.39 is 10.0 Å². The van der Waals surface area contributed by atoms with Gasteiger partial charge in [0.25, 0.3) is 15.9 Å². The minimum absolute atomic E-state index is 0.0274. The topological polar surface area (TPSA) is 133 Å². The number of aromatic nitrogens is 2. The fourth-order valence-electron chi connectivity index (χ4n) is 2.95. The zero-order chi connectivity index (χ0) is 24.0. The average molecular weight is 484 g/mol. The van der Waals surface area contributed by atoms with Crippen LogP contribution in [-0.4, -0.2) is 43.8 Å². The van der Waals surface area contributed by atoms with E-state index in [1.165, 1.54) is 31.8 Å². The summed E-state index contributed by atoms with van der Waals surface area (Å²) >= 11 is 0. The van der Waals surface area contributed by atoms with Crippen LogP contribution in [0.4, 0.5) is 5.82 Å². The number of hydrogen-bond donors (Lipinski definition) is 2. The molecule has 4 aromatic rings. The van der Waals surface area contributed by atoms with Gasteiger partial charge in [0.1, 0.15) is 12.9 Å². The highest BCUT2D eigenvalue weighted by molar-refractivity contribution is 7.92. The van der Waals surface area contributed by atoms with E-state index in [1.807, 2.05) is 0 Å². The summed E-state index contributed by atoms with van der Waals surface area (Å²) in [5.74, 6) is 0.431. The average Bonchev–Trinajstić information content (AvgIpc) is 3.40. The second-order valence-corrected chi connectivity index (χ2v) is 8.47. The Morgan fingerprint density at radius 2 is 1.74 bits per heavy atom. The van der Waals surface area contributed by atoms with E-state index in [-0.39, 0.29) is 47.1 Å².